The number of nitrogens with one attached hydrogen (secondary N) is 12. The van der Waals surface area contributed by atoms with E-state index in [0.29, 0.717) is 31.1 Å². The Bertz CT molecular complexity index is 5270. The van der Waals surface area contributed by atoms with Crippen molar-refractivity contribution in [3.63, 3.8) is 0 Å². The number of hydrogen-bond acceptors (Lipinski definition) is 29. The topological polar surface area (TPSA) is 596 Å². The zero-order chi connectivity index (χ0) is 95.5. The molecule has 5 aromatic carbocycles. The van der Waals surface area contributed by atoms with Crippen molar-refractivity contribution >= 4 is 74.9 Å². The second-order valence-electron chi connectivity index (χ2n) is 37.4. The lowest BCUT2D eigenvalue weighted by Gasteiger charge is -2.54. The number of aliphatic hydroxyl groups is 6. The monoisotopic (exact) mass is 1890 g/mol. The average molecular weight is 1890 g/mol. The molecule has 18 atom stereocenters. The van der Waals surface area contributed by atoms with Gasteiger partial charge in [0.25, 0.3) is 0 Å². The molecule has 7 heterocycles. The number of nitrogens with two attached hydrogens (primary N) is 1. The van der Waals surface area contributed by atoms with Gasteiger partial charge in [-0.3, -0.25) is 43.7 Å². The van der Waals surface area contributed by atoms with E-state index < -0.39 is 248 Å². The van der Waals surface area contributed by atoms with Gasteiger partial charge in [-0.1, -0.05) is 76.3 Å². The predicted octanol–water partition coefficient (Wildman–Crippen LogP) is 3.49. The normalized spacial score (nSPS) is 30.0. The van der Waals surface area contributed by atoms with Crippen LogP contribution >= 0.6 is 11.6 Å². The van der Waals surface area contributed by atoms with Crippen molar-refractivity contribution in [3.05, 3.63) is 117 Å². The van der Waals surface area contributed by atoms with E-state index in [1.54, 1.807) is 0 Å². The predicted molar refractivity (Wildman–Crippen MR) is 478 cm³/mol. The maximum Gasteiger partial charge on any atom is 0.321 e. The Morgan fingerprint density at radius 3 is 2.00 bits per heavy atom. The fourth-order valence-electron chi connectivity index (χ4n) is 19.6. The number of phenolic OH excluding ortho intramolecular Hbond substituents is 3. The highest BCUT2D eigenvalue weighted by atomic mass is 35.5. The van der Waals surface area contributed by atoms with E-state index >= 15 is 28.8 Å². The van der Waals surface area contributed by atoms with Crippen molar-refractivity contribution in [1.29, 1.82) is 0 Å². The summed E-state index contributed by atoms with van der Waals surface area (Å²) in [6.45, 7) is 9.01. The molecule has 41 heteroatoms. The van der Waals surface area contributed by atoms with Crippen LogP contribution < -0.4 is 83.2 Å². The molecule has 12 aliphatic rings. The number of aliphatic hydroxyl groups excluding tert-OH is 6. The molecule has 10 amide bonds. The average Bonchev–Trinajstić information content (AvgIpc) is 1.60. The number of benzene rings is 5. The summed E-state index contributed by atoms with van der Waals surface area (Å²) < 4.78 is 68.1. The Labute approximate surface area is 774 Å². The molecule has 0 aromatic heterocycles. The number of likely N-dealkylation sites (N-methyl/N-ethyl adjacent to an activating group) is 1. The number of aryl methyl sites for hydroxylation is 1. The molecule has 7 fully saturated rings. The molecule has 17 rings (SSSR count). The minimum absolute atomic E-state index is 0.00530. The summed E-state index contributed by atoms with van der Waals surface area (Å²) in [5.74, 6) is -13.5. The number of ether oxygens (including phenoxy) is 6. The number of carbonyl (C=O) groups excluding carboxylic acids is 9. The van der Waals surface area contributed by atoms with Crippen LogP contribution in [0.15, 0.2) is 72.8 Å². The first-order chi connectivity index (χ1) is 63.3. The Morgan fingerprint density at radius 1 is 0.692 bits per heavy atom. The molecule has 2 saturated heterocycles. The summed E-state index contributed by atoms with van der Waals surface area (Å²) in [5.41, 5.74) is 2.84. The summed E-state index contributed by atoms with van der Waals surface area (Å²) in [6, 6.07) is -1.82. The SMILES string of the molecule is CCCCCCCS(=O)(=O)NCCCNCc1c(O)cc2c(c1O)-c1cc(ccc1O)[C@H]1NC(=O)[C@@H]3NC(=O)[C@H](CC(=O)NC(=O)NC4CC4)NC(=O)[C@H](NC(=O)[C@@H](CC(C)C)NC)[C@H](O)c4ccc(c(C)c4)Oc4cc3cc(c4O[C@@H]3O[C@H](CO)[C@@H](O)[C@H](O)[C@H]3O[C@H]3C[C@](C)(N)[C@H](O)[C@H](C)O3)Oc3ccc(cc3Cl)[C@@H](O)[C@H](NC1=O)C(=O)N[C@@H]2C(=O)NC1C2CC3CC(C2)CC1C3. The number of aromatic hydroxyl groups is 3. The summed E-state index contributed by atoms with van der Waals surface area (Å²) in [7, 11) is -2.16. The number of phenols is 3. The van der Waals surface area contributed by atoms with E-state index in [2.05, 4.69) is 70.1 Å². The first-order valence-electron chi connectivity index (χ1n) is 45.6. The van der Waals surface area contributed by atoms with Gasteiger partial charge < -0.3 is 133 Å². The van der Waals surface area contributed by atoms with Gasteiger partial charge in [0.2, 0.25) is 69.3 Å². The van der Waals surface area contributed by atoms with Crippen molar-refractivity contribution in [2.75, 3.05) is 32.5 Å². The van der Waals surface area contributed by atoms with Crippen LogP contribution in [0.4, 0.5) is 4.79 Å². The fraction of sp³-hybridized carbons (Fsp3) is 0.576. The second kappa shape index (κ2) is 42.0. The zero-order valence-electron chi connectivity index (χ0n) is 75.0. The number of unbranched alkanes of at least 4 members (excludes halogenated alkanes) is 4. The van der Waals surface area contributed by atoms with Gasteiger partial charge in [-0.05, 0) is 216 Å². The molecule has 0 radical (unpaired) electrons. The summed E-state index contributed by atoms with van der Waals surface area (Å²) in [4.78, 5) is 139. The summed E-state index contributed by atoms with van der Waals surface area (Å²) in [6.07, 6.45) is -9.11. The number of urea groups is 1. The number of halogens is 1. The molecule has 5 saturated carbocycles. The van der Waals surface area contributed by atoms with Crippen molar-refractivity contribution in [2.45, 2.75) is 272 Å². The van der Waals surface area contributed by atoms with Crippen LogP contribution in [0.25, 0.3) is 11.1 Å². The highest BCUT2D eigenvalue weighted by Crippen LogP contribution is 2.55. The third kappa shape index (κ3) is 22.8. The van der Waals surface area contributed by atoms with Crippen molar-refractivity contribution in [1.82, 2.24) is 63.2 Å². The van der Waals surface area contributed by atoms with Crippen LogP contribution in [-0.4, -0.2) is 231 Å². The molecular weight excluding hydrogens is 1770 g/mol. The Hall–Kier alpha value is -10.2. The van der Waals surface area contributed by atoms with E-state index in [-0.39, 0.29) is 113 Å². The van der Waals surface area contributed by atoms with Crippen LogP contribution in [0, 0.1) is 36.5 Å². The molecule has 724 valence electrons. The third-order valence-corrected chi connectivity index (χ3v) is 28.4. The van der Waals surface area contributed by atoms with Gasteiger partial charge >= 0.3 is 6.03 Å². The lowest BCUT2D eigenvalue weighted by atomic mass is 9.54. The van der Waals surface area contributed by atoms with Crippen molar-refractivity contribution in [3.8, 4) is 57.1 Å². The molecule has 133 heavy (non-hydrogen) atoms. The first kappa shape index (κ1) is 98.8. The standard InChI is InChI=1S/C92H122ClN13O26S/c1-8-9-10-11-12-24-133(125,126)97-23-13-22-96-39-55-60(109)36-54-68(77(55)113)53-32-46(14-19-59(53)108)70-85(119)106-74(89(123)104-72(54)87(121)101-69-49-28-44-27-45(30-49)31-50(69)29-44)76(112)48-16-21-62(56(93)33-48)129-64-35-51-34-63(80(64)132-90-81(79(115)78(114)65(40-107)130-90)131-67-38-92(6,94)82(116)43(5)127-67)128-61-20-15-47(26-42(61)4)75(111)73(105-83(117)57(95-7)25-41(2)3)88(122)99-58(84(118)102-71(51)86(120)103-70)37-66(110)100-91(124)98-52-17-18-52/h14-16,19-21,26,32-36,41,43-45,49-50,52,57-58,65,67,69-76,78-79,81-82,90,95-97,107-109,111-116H,8-13,17-18,22-25,27-31,37-40,94H2,1-7H3,(H,99,122)(H,101,121)(H,102,118)(H,103,120)(H,104,123)(H,105,117)(H,106,119)(H2,98,100,110,124)/t43-,44?,45?,49?,50?,57+,58-,65+,67-,69?,70+,71+,72-,73+,74-,75+,76+,78+,79-,81+,82+,90-,92-/m0/s1. The molecule has 5 aromatic rings. The maximum atomic E-state index is 16.8. The van der Waals surface area contributed by atoms with Crippen LogP contribution in [0.5, 0.6) is 46.0 Å². The van der Waals surface area contributed by atoms with Crippen LogP contribution in [0.1, 0.15) is 207 Å². The molecule has 39 nitrogen and oxygen atoms in total. The van der Waals surface area contributed by atoms with Gasteiger partial charge in [-0.2, -0.15) is 0 Å². The smallest absolute Gasteiger partial charge is 0.321 e. The summed E-state index contributed by atoms with van der Waals surface area (Å²) in [5, 5.41) is 139. The number of imide groups is 1. The maximum absolute atomic E-state index is 16.8. The van der Waals surface area contributed by atoms with E-state index in [1.165, 1.54) is 58.2 Å². The van der Waals surface area contributed by atoms with Gasteiger partial charge in [0, 0.05) is 48.3 Å². The van der Waals surface area contributed by atoms with Crippen LogP contribution in [-0.2, 0) is 69.1 Å². The molecule has 0 spiro atoms. The van der Waals surface area contributed by atoms with Crippen LogP contribution in [0.2, 0.25) is 5.02 Å². The molecule has 23 N–H and O–H groups in total. The lowest BCUT2D eigenvalue weighted by Crippen LogP contribution is -2.64. The largest absolute Gasteiger partial charge is 0.507 e. The molecule has 7 aliphatic heterocycles. The third-order valence-electron chi connectivity index (χ3n) is 26.7. The second-order valence-corrected chi connectivity index (χ2v) is 39.8. The van der Waals surface area contributed by atoms with Crippen molar-refractivity contribution < 1.29 is 126 Å². The van der Waals surface area contributed by atoms with E-state index in [0.717, 1.165) is 100 Å². The van der Waals surface area contributed by atoms with E-state index in [4.69, 9.17) is 45.8 Å². The Morgan fingerprint density at radius 2 is 1.35 bits per heavy atom. The Kier molecular flexibility index (Phi) is 31.2. The van der Waals surface area contributed by atoms with Gasteiger partial charge in [0.15, 0.2) is 23.9 Å². The number of amides is 10. The number of sulfonamides is 1. The highest BCUT2D eigenvalue weighted by molar-refractivity contribution is 7.89. The quantitative estimate of drug-likeness (QED) is 0.0319. The van der Waals surface area contributed by atoms with E-state index in [1.807, 2.05) is 13.8 Å². The lowest BCUT2D eigenvalue weighted by molar-refractivity contribution is -0.333. The highest BCUT2D eigenvalue weighted by Gasteiger charge is 2.54. The summed E-state index contributed by atoms with van der Waals surface area (Å²) >= 11 is 7.35. The zero-order valence-corrected chi connectivity index (χ0v) is 76.5. The van der Waals surface area contributed by atoms with Crippen molar-refractivity contribution in [2.24, 2.45) is 35.3 Å². The molecule has 15 bridgehead atoms. The minimum Gasteiger partial charge on any atom is -0.507 e. The molecular formula is C92H122ClN13O26S. The number of carbonyl (C=O) groups is 9. The van der Waals surface area contributed by atoms with Gasteiger partial charge in [-0.15, -0.1) is 0 Å². The van der Waals surface area contributed by atoms with Gasteiger partial charge in [-0.25, -0.2) is 17.9 Å². The first-order valence-corrected chi connectivity index (χ1v) is 47.7. The number of fused-ring (bicyclic) bond motifs is 15. The molecule has 5 aliphatic carbocycles. The molecule has 0 unspecified atom stereocenters. The van der Waals surface area contributed by atoms with E-state index in [9.17, 15) is 68.8 Å². The number of rotatable bonds is 28. The number of hydrogen-bond donors (Lipinski definition) is 22. The van der Waals surface area contributed by atoms with Gasteiger partial charge in [0.1, 0.15) is 95.5 Å². The van der Waals surface area contributed by atoms with Crippen LogP contribution in [0.3, 0.4) is 0 Å². The Balaban J connectivity index is 0.951. The fourth-order valence-corrected chi connectivity index (χ4v) is 21.0. The minimum atomic E-state index is -3.65. The van der Waals surface area contributed by atoms with Gasteiger partial charge in [0.05, 0.1) is 47.6 Å².